The van der Waals surface area contributed by atoms with Crippen LogP contribution in [0.25, 0.3) is 0 Å². The molecule has 0 aliphatic carbocycles. The molecule has 10 N–H and O–H groups in total. The molecule has 0 aromatic carbocycles. The Morgan fingerprint density at radius 2 is 1.35 bits per heavy atom. The number of carbonyl (C=O) groups is 8. The Morgan fingerprint density at radius 3 is 1.81 bits per heavy atom. The number of amides is 7. The van der Waals surface area contributed by atoms with Gasteiger partial charge in [0.25, 0.3) is 0 Å². The molecule has 242 valence electrons. The number of aliphatic carboxylic acids is 1. The maximum absolute atomic E-state index is 13.3. The lowest BCUT2D eigenvalue weighted by molar-refractivity contribution is -0.139. The molecule has 0 aromatic heterocycles. The number of nitrogens with one attached hydrogen (secondary N) is 4. The van der Waals surface area contributed by atoms with Crippen LogP contribution in [0.2, 0.25) is 0 Å². The predicted molar refractivity (Wildman–Crippen MR) is 149 cm³/mol. The molecule has 1 aliphatic rings. The second kappa shape index (κ2) is 17.0. The average Bonchev–Trinajstić information content (AvgIpc) is 3.40. The van der Waals surface area contributed by atoms with Crippen molar-refractivity contribution in [2.75, 3.05) is 6.54 Å². The number of carbonyl (C=O) groups excluding carboxylic acids is 7. The van der Waals surface area contributed by atoms with Gasteiger partial charge in [0.2, 0.25) is 41.4 Å². The Bertz CT molecular complexity index is 1080. The third-order valence-corrected chi connectivity index (χ3v) is 6.89. The van der Waals surface area contributed by atoms with E-state index in [-0.39, 0.29) is 18.7 Å². The minimum Gasteiger partial charge on any atom is -0.481 e. The van der Waals surface area contributed by atoms with Crippen molar-refractivity contribution in [2.24, 2.45) is 17.4 Å². The van der Waals surface area contributed by atoms with Crippen LogP contribution >= 0.6 is 0 Å². The summed E-state index contributed by atoms with van der Waals surface area (Å²) in [6.07, 6.45) is -2.07. The predicted octanol–water partition coefficient (Wildman–Crippen LogP) is -3.41. The number of carboxylic acids is 1. The van der Waals surface area contributed by atoms with Crippen LogP contribution in [0.5, 0.6) is 0 Å². The zero-order chi connectivity index (χ0) is 33.0. The Labute approximate surface area is 248 Å². The summed E-state index contributed by atoms with van der Waals surface area (Å²) in [7, 11) is 0. The first-order valence-electron chi connectivity index (χ1n) is 13.9. The average molecular weight is 614 g/mol. The summed E-state index contributed by atoms with van der Waals surface area (Å²) in [4.78, 5) is 100.0. The molecule has 1 aliphatic heterocycles. The van der Waals surface area contributed by atoms with Crippen LogP contribution in [0, 0.1) is 5.92 Å². The smallest absolute Gasteiger partial charge is 0.303 e. The minimum absolute atomic E-state index is 0.288. The number of likely N-dealkylation sites (tertiary alicyclic amines) is 1. The van der Waals surface area contributed by atoms with Gasteiger partial charge in [-0.1, -0.05) is 13.8 Å². The van der Waals surface area contributed by atoms with Crippen LogP contribution in [-0.4, -0.2) is 105 Å². The molecule has 1 heterocycles. The summed E-state index contributed by atoms with van der Waals surface area (Å²) in [6.45, 7) is 6.20. The van der Waals surface area contributed by atoms with Crippen LogP contribution in [-0.2, 0) is 38.4 Å². The standard InChI is InChI=1S/C26H43N7O10/c1-12(2)20(31-25(42)17-6-5-11-33(17)14(4)35)26(43)30-15(7-9-18(27)36)23(40)29-16(8-10-19(37)38)24(41)32-21(13(3)34)22(28)39/h12-13,15-17,20-21,34H,5-11H2,1-4H3,(H2,27,36)(H2,28,39)(H,29,40)(H,30,43)(H,31,42)(H,32,41)(H,37,38)/t13-,15+,16+,17+,20+,21+/m1/s1. The molecular formula is C26H43N7O10. The van der Waals surface area contributed by atoms with Crippen LogP contribution in [0.1, 0.15) is 66.2 Å². The first kappa shape index (κ1) is 36.7. The highest BCUT2D eigenvalue weighted by Gasteiger charge is 2.37. The molecule has 1 rings (SSSR count). The summed E-state index contributed by atoms with van der Waals surface area (Å²) in [5, 5.41) is 28.4. The van der Waals surface area contributed by atoms with Gasteiger partial charge in [0.1, 0.15) is 30.2 Å². The number of nitrogens with two attached hydrogens (primary N) is 2. The fraction of sp³-hybridized carbons (Fsp3) is 0.692. The van der Waals surface area contributed by atoms with Crippen molar-refractivity contribution < 1.29 is 48.6 Å². The number of carboxylic acid groups (broad SMARTS) is 1. The third-order valence-electron chi connectivity index (χ3n) is 6.89. The Kier molecular flexibility index (Phi) is 14.5. The van der Waals surface area contributed by atoms with Gasteiger partial charge in [-0.05, 0) is 38.5 Å². The van der Waals surface area contributed by atoms with Crippen molar-refractivity contribution in [3.63, 3.8) is 0 Å². The molecule has 0 bridgehead atoms. The van der Waals surface area contributed by atoms with Crippen molar-refractivity contribution in [1.29, 1.82) is 0 Å². The summed E-state index contributed by atoms with van der Waals surface area (Å²) in [6, 6.07) is -6.46. The van der Waals surface area contributed by atoms with Gasteiger partial charge >= 0.3 is 5.97 Å². The summed E-state index contributed by atoms with van der Waals surface area (Å²) in [5.74, 6) is -7.30. The number of nitrogens with zero attached hydrogens (tertiary/aromatic N) is 1. The van der Waals surface area contributed by atoms with Gasteiger partial charge in [-0.2, -0.15) is 0 Å². The SMILES string of the molecule is CC(=O)N1CCC[C@H]1C(=O)N[C@H](C(=O)N[C@@H](CCC(N)=O)C(=O)N[C@@H](CCC(=O)O)C(=O)N[C@H](C(N)=O)[C@@H](C)O)C(C)C. The van der Waals surface area contributed by atoms with E-state index in [1.165, 1.54) is 18.7 Å². The molecule has 1 fully saturated rings. The number of hydrogen-bond acceptors (Lipinski definition) is 9. The first-order valence-corrected chi connectivity index (χ1v) is 13.9. The molecule has 43 heavy (non-hydrogen) atoms. The Balaban J connectivity index is 3.16. The Hall–Kier alpha value is -4.28. The Morgan fingerprint density at radius 1 is 0.814 bits per heavy atom. The van der Waals surface area contributed by atoms with Gasteiger partial charge < -0.3 is 47.8 Å². The number of rotatable bonds is 17. The van der Waals surface area contributed by atoms with E-state index in [2.05, 4.69) is 21.3 Å². The topological polar surface area (TPSA) is 280 Å². The lowest BCUT2D eigenvalue weighted by atomic mass is 10.0. The van der Waals surface area contributed by atoms with Crippen LogP contribution in [0.3, 0.4) is 0 Å². The molecule has 0 unspecified atom stereocenters. The van der Waals surface area contributed by atoms with Gasteiger partial charge in [0.05, 0.1) is 6.10 Å². The summed E-state index contributed by atoms with van der Waals surface area (Å²) in [5.41, 5.74) is 10.4. The third kappa shape index (κ3) is 11.9. The second-order valence-corrected chi connectivity index (χ2v) is 10.8. The van der Waals surface area contributed by atoms with E-state index < -0.39 is 96.5 Å². The minimum atomic E-state index is -1.55. The monoisotopic (exact) mass is 613 g/mol. The lowest BCUT2D eigenvalue weighted by Crippen LogP contribution is -2.60. The quantitative estimate of drug-likeness (QED) is 0.0804. The molecule has 0 saturated carbocycles. The highest BCUT2D eigenvalue weighted by Crippen LogP contribution is 2.18. The lowest BCUT2D eigenvalue weighted by Gasteiger charge is -2.29. The number of aliphatic hydroxyl groups is 1. The van der Waals surface area contributed by atoms with Gasteiger partial charge in [0.15, 0.2) is 0 Å². The molecule has 6 atom stereocenters. The van der Waals surface area contributed by atoms with Gasteiger partial charge in [-0.15, -0.1) is 0 Å². The largest absolute Gasteiger partial charge is 0.481 e. The zero-order valence-corrected chi connectivity index (χ0v) is 24.8. The molecular weight excluding hydrogens is 570 g/mol. The van der Waals surface area contributed by atoms with Gasteiger partial charge in [0, 0.05) is 26.3 Å². The molecule has 1 saturated heterocycles. The molecule has 0 aromatic rings. The van der Waals surface area contributed by atoms with Crippen molar-refractivity contribution in [3.05, 3.63) is 0 Å². The van der Waals surface area contributed by atoms with Crippen LogP contribution in [0.15, 0.2) is 0 Å². The number of aliphatic hydroxyl groups excluding tert-OH is 1. The van der Waals surface area contributed by atoms with E-state index in [4.69, 9.17) is 16.6 Å². The number of hydrogen-bond donors (Lipinski definition) is 8. The molecule has 0 radical (unpaired) electrons. The van der Waals surface area contributed by atoms with Crippen LogP contribution < -0.4 is 32.7 Å². The van der Waals surface area contributed by atoms with E-state index in [1.807, 2.05) is 0 Å². The van der Waals surface area contributed by atoms with Gasteiger partial charge in [-0.25, -0.2) is 0 Å². The fourth-order valence-electron chi connectivity index (χ4n) is 4.51. The molecule has 17 nitrogen and oxygen atoms in total. The maximum atomic E-state index is 13.3. The normalized spacial score (nSPS) is 18.0. The van der Waals surface area contributed by atoms with Crippen molar-refractivity contribution in [3.8, 4) is 0 Å². The molecule has 0 spiro atoms. The highest BCUT2D eigenvalue weighted by atomic mass is 16.4. The second-order valence-electron chi connectivity index (χ2n) is 10.8. The summed E-state index contributed by atoms with van der Waals surface area (Å²) < 4.78 is 0. The fourth-order valence-corrected chi connectivity index (χ4v) is 4.51. The number of primary amides is 2. The van der Waals surface area contributed by atoms with Gasteiger partial charge in [-0.3, -0.25) is 38.4 Å². The molecule has 7 amide bonds. The zero-order valence-electron chi connectivity index (χ0n) is 24.8. The van der Waals surface area contributed by atoms with Crippen molar-refractivity contribution >= 4 is 47.3 Å². The van der Waals surface area contributed by atoms with Crippen molar-refractivity contribution in [1.82, 2.24) is 26.2 Å². The maximum Gasteiger partial charge on any atom is 0.303 e. The van der Waals surface area contributed by atoms with E-state index in [0.29, 0.717) is 19.4 Å². The molecule has 17 heteroatoms. The first-order chi connectivity index (χ1) is 20.0. The van der Waals surface area contributed by atoms with Crippen LogP contribution in [0.4, 0.5) is 0 Å². The van der Waals surface area contributed by atoms with E-state index in [9.17, 15) is 43.5 Å². The van der Waals surface area contributed by atoms with E-state index in [0.717, 1.165) is 0 Å². The van der Waals surface area contributed by atoms with E-state index in [1.54, 1.807) is 13.8 Å². The summed E-state index contributed by atoms with van der Waals surface area (Å²) >= 11 is 0. The van der Waals surface area contributed by atoms with Crippen molar-refractivity contribution in [2.45, 2.75) is 103 Å². The van der Waals surface area contributed by atoms with E-state index >= 15 is 0 Å². The highest BCUT2D eigenvalue weighted by molar-refractivity contribution is 5.96.